The largest absolute Gasteiger partial charge is 0.330 e. The molecule has 150 valence electrons. The predicted molar refractivity (Wildman–Crippen MR) is 108 cm³/mol. The summed E-state index contributed by atoms with van der Waals surface area (Å²) in [5.41, 5.74) is 5.81. The molecule has 0 bridgehead atoms. The maximum atomic E-state index is 12.6. The van der Waals surface area contributed by atoms with E-state index in [0.29, 0.717) is 41.9 Å². The molecule has 0 radical (unpaired) electrons. The van der Waals surface area contributed by atoms with Crippen LogP contribution < -0.4 is 5.73 Å². The molecule has 0 saturated heterocycles. The fraction of sp³-hybridized carbons (Fsp3) is 0.833. The first-order valence-electron chi connectivity index (χ1n) is 11.3. The number of fused-ring (bicyclic) bond motifs is 5. The van der Waals surface area contributed by atoms with Crippen molar-refractivity contribution in [2.24, 2.45) is 52.1 Å². The van der Waals surface area contributed by atoms with Gasteiger partial charge in [0.25, 0.3) is 0 Å². The third-order valence-electron chi connectivity index (χ3n) is 9.43. The summed E-state index contributed by atoms with van der Waals surface area (Å²) in [6.45, 7) is 5.43. The Morgan fingerprint density at radius 1 is 1.07 bits per heavy atom. The van der Waals surface area contributed by atoms with E-state index in [1.807, 2.05) is 0 Å². The lowest BCUT2D eigenvalue weighted by molar-refractivity contribution is -0.152. The summed E-state index contributed by atoms with van der Waals surface area (Å²) in [6.07, 6.45) is 15.6. The van der Waals surface area contributed by atoms with Crippen LogP contribution in [0.2, 0.25) is 0 Å². The van der Waals surface area contributed by atoms with Crippen LogP contribution in [0.4, 0.5) is 0 Å². The molecule has 0 aromatic heterocycles. The first-order chi connectivity index (χ1) is 12.9. The zero-order valence-corrected chi connectivity index (χ0v) is 17.2. The van der Waals surface area contributed by atoms with Gasteiger partial charge in [0.2, 0.25) is 0 Å². The molecule has 4 aliphatic rings. The van der Waals surface area contributed by atoms with Crippen molar-refractivity contribution < 1.29 is 9.59 Å². The summed E-state index contributed by atoms with van der Waals surface area (Å²) in [7, 11) is 0. The molecule has 2 N–H and O–H groups in total. The second-order valence-electron chi connectivity index (χ2n) is 10.5. The topological polar surface area (TPSA) is 60.2 Å². The highest BCUT2D eigenvalue weighted by atomic mass is 16.1. The van der Waals surface area contributed by atoms with Gasteiger partial charge in [0, 0.05) is 17.8 Å². The molecule has 0 spiro atoms. The number of Topliss-reactive ketones (excluding diaryl/α,β-unsaturated/α-hetero) is 1. The molecule has 0 heterocycles. The Labute approximate surface area is 164 Å². The minimum absolute atomic E-state index is 0.0973. The van der Waals surface area contributed by atoms with Gasteiger partial charge in [-0.15, -0.1) is 0 Å². The van der Waals surface area contributed by atoms with Crippen molar-refractivity contribution >= 4 is 12.1 Å². The van der Waals surface area contributed by atoms with Gasteiger partial charge in [-0.2, -0.15) is 0 Å². The van der Waals surface area contributed by atoms with E-state index in [1.165, 1.54) is 25.5 Å². The number of aldehydes is 1. The van der Waals surface area contributed by atoms with Crippen LogP contribution in [0.1, 0.15) is 71.6 Å². The zero-order valence-electron chi connectivity index (χ0n) is 17.2. The summed E-state index contributed by atoms with van der Waals surface area (Å²) in [5.74, 6) is 3.60. The number of allylic oxidation sites excluding steroid dienone is 1. The smallest absolute Gasteiger partial charge is 0.139 e. The van der Waals surface area contributed by atoms with Crippen molar-refractivity contribution in [1.82, 2.24) is 0 Å². The van der Waals surface area contributed by atoms with E-state index in [4.69, 9.17) is 5.73 Å². The van der Waals surface area contributed by atoms with E-state index in [-0.39, 0.29) is 16.7 Å². The normalized spacial score (nSPS) is 49.5. The van der Waals surface area contributed by atoms with Gasteiger partial charge in [0.05, 0.1) is 0 Å². The van der Waals surface area contributed by atoms with Crippen molar-refractivity contribution in [2.75, 3.05) is 6.54 Å². The van der Waals surface area contributed by atoms with Crippen LogP contribution in [0.25, 0.3) is 0 Å². The number of nitrogens with two attached hydrogens (primary N) is 1. The van der Waals surface area contributed by atoms with E-state index in [2.05, 4.69) is 26.0 Å². The lowest BCUT2D eigenvalue weighted by atomic mass is 9.42. The van der Waals surface area contributed by atoms with Crippen LogP contribution in [-0.4, -0.2) is 18.6 Å². The lowest BCUT2D eigenvalue weighted by Crippen LogP contribution is -2.56. The van der Waals surface area contributed by atoms with Gasteiger partial charge in [0.1, 0.15) is 12.1 Å². The number of carbonyl (C=O) groups is 2. The van der Waals surface area contributed by atoms with Gasteiger partial charge in [0.15, 0.2) is 0 Å². The minimum atomic E-state index is -0.0973. The average Bonchev–Trinajstić information content (AvgIpc) is 2.96. The molecule has 4 fully saturated rings. The van der Waals surface area contributed by atoms with Gasteiger partial charge in [-0.05, 0) is 92.9 Å². The number of hydrogen-bond donors (Lipinski definition) is 1. The van der Waals surface area contributed by atoms with E-state index >= 15 is 0 Å². The first kappa shape index (κ1) is 19.4. The second-order valence-corrected chi connectivity index (χ2v) is 10.5. The summed E-state index contributed by atoms with van der Waals surface area (Å²) in [5, 5.41) is 0. The van der Waals surface area contributed by atoms with E-state index in [1.54, 1.807) is 0 Å². The molecule has 4 saturated carbocycles. The Hall–Kier alpha value is -0.960. The Morgan fingerprint density at radius 3 is 2.63 bits per heavy atom. The molecule has 0 aromatic carbocycles. The molecule has 3 nitrogen and oxygen atoms in total. The third kappa shape index (κ3) is 2.96. The molecule has 3 heteroatoms. The van der Waals surface area contributed by atoms with E-state index < -0.39 is 0 Å². The molecule has 2 unspecified atom stereocenters. The summed E-state index contributed by atoms with van der Waals surface area (Å²) < 4.78 is 0. The molecule has 8 atom stereocenters. The number of rotatable bonds is 4. The van der Waals surface area contributed by atoms with Gasteiger partial charge < -0.3 is 10.5 Å². The SMILES string of the molecule is C[C@]12CC[C@@H](C=CCCN)CC1C(C=O)C[C@@H]1[C@@H]2CC[C@]2(C)C(=O)CC[C@@H]12. The quantitative estimate of drug-likeness (QED) is 0.583. The Balaban J connectivity index is 1.59. The number of hydrogen-bond acceptors (Lipinski definition) is 3. The number of ketones is 1. The molecule has 0 aromatic rings. The van der Waals surface area contributed by atoms with Crippen LogP contribution in [0, 0.1) is 46.3 Å². The highest BCUT2D eigenvalue weighted by Crippen LogP contribution is 2.66. The summed E-state index contributed by atoms with van der Waals surface area (Å²) in [4.78, 5) is 24.7. The van der Waals surface area contributed by atoms with Crippen molar-refractivity contribution in [2.45, 2.75) is 71.6 Å². The lowest BCUT2D eigenvalue weighted by Gasteiger charge is -2.61. The maximum absolute atomic E-state index is 12.6. The van der Waals surface area contributed by atoms with E-state index in [9.17, 15) is 9.59 Å². The van der Waals surface area contributed by atoms with Gasteiger partial charge in [-0.3, -0.25) is 4.79 Å². The molecule has 0 amide bonds. The van der Waals surface area contributed by atoms with Gasteiger partial charge in [-0.25, -0.2) is 0 Å². The van der Waals surface area contributed by atoms with E-state index in [0.717, 1.165) is 38.5 Å². The predicted octanol–water partition coefficient (Wildman–Crippen LogP) is 4.54. The first-order valence-corrected chi connectivity index (χ1v) is 11.3. The van der Waals surface area contributed by atoms with Crippen molar-refractivity contribution in [1.29, 1.82) is 0 Å². The third-order valence-corrected chi connectivity index (χ3v) is 9.43. The highest BCUT2D eigenvalue weighted by Gasteiger charge is 2.61. The van der Waals surface area contributed by atoms with Crippen molar-refractivity contribution in [3.63, 3.8) is 0 Å². The van der Waals surface area contributed by atoms with Crippen LogP contribution in [0.5, 0.6) is 0 Å². The molecule has 27 heavy (non-hydrogen) atoms. The van der Waals surface area contributed by atoms with Crippen molar-refractivity contribution in [3.05, 3.63) is 12.2 Å². The molecular formula is C24H37NO2. The van der Waals surface area contributed by atoms with Crippen LogP contribution in [-0.2, 0) is 9.59 Å². The highest BCUT2D eigenvalue weighted by molar-refractivity contribution is 5.87. The average molecular weight is 372 g/mol. The van der Waals surface area contributed by atoms with Crippen LogP contribution in [0.15, 0.2) is 12.2 Å². The van der Waals surface area contributed by atoms with Gasteiger partial charge >= 0.3 is 0 Å². The monoisotopic (exact) mass is 371 g/mol. The Morgan fingerprint density at radius 2 is 1.89 bits per heavy atom. The minimum Gasteiger partial charge on any atom is -0.330 e. The zero-order chi connectivity index (χ0) is 19.2. The van der Waals surface area contributed by atoms with Crippen molar-refractivity contribution in [3.8, 4) is 0 Å². The fourth-order valence-electron chi connectivity index (χ4n) is 7.91. The molecule has 4 rings (SSSR count). The number of carbonyl (C=O) groups excluding carboxylic acids is 2. The Kier molecular flexibility index (Phi) is 5.12. The molecular weight excluding hydrogens is 334 g/mol. The molecule has 0 aliphatic heterocycles. The maximum Gasteiger partial charge on any atom is 0.139 e. The summed E-state index contributed by atoms with van der Waals surface area (Å²) in [6, 6.07) is 0. The summed E-state index contributed by atoms with van der Waals surface area (Å²) >= 11 is 0. The molecule has 4 aliphatic carbocycles. The van der Waals surface area contributed by atoms with Gasteiger partial charge in [-0.1, -0.05) is 26.0 Å². The van der Waals surface area contributed by atoms with Crippen LogP contribution >= 0.6 is 0 Å². The van der Waals surface area contributed by atoms with Crippen LogP contribution in [0.3, 0.4) is 0 Å². The standard InChI is InChI=1S/C24H37NO2/c1-23-10-8-16(5-3-4-12-25)13-21(23)17(15-26)14-18-19-6-7-22(27)24(19,2)11-9-20(18)23/h3,5,15-21H,4,6-14,25H2,1-2H3/t16-,17?,18+,19+,20+,21?,23-,24+/m1/s1. The Bertz CT molecular complexity index is 628. The second kappa shape index (κ2) is 7.13. The fourth-order valence-corrected chi connectivity index (χ4v) is 7.91.